The molecule has 1 aromatic heterocycles. The zero-order chi connectivity index (χ0) is 11.6. The molecule has 0 unspecified atom stereocenters. The van der Waals surface area contributed by atoms with E-state index in [1.165, 1.54) is 0 Å². The van der Waals surface area contributed by atoms with E-state index >= 15 is 0 Å². The molecule has 3 N–H and O–H groups in total. The quantitative estimate of drug-likeness (QED) is 0.788. The van der Waals surface area contributed by atoms with Crippen LogP contribution in [0, 0.1) is 12.3 Å². The average Bonchev–Trinajstić information content (AvgIpc) is 2.60. The Morgan fingerprint density at radius 1 is 1.69 bits per heavy atom. The molecule has 2 rings (SSSR count). The molecule has 1 aliphatic rings. The fourth-order valence-electron chi connectivity index (χ4n) is 1.98. The van der Waals surface area contributed by atoms with E-state index in [9.17, 15) is 4.79 Å². The second-order valence-corrected chi connectivity index (χ2v) is 4.46. The number of hydrogen-bond acceptors (Lipinski definition) is 4. The van der Waals surface area contributed by atoms with E-state index < -0.39 is 0 Å². The van der Waals surface area contributed by atoms with Gasteiger partial charge in [0.15, 0.2) is 5.76 Å². The summed E-state index contributed by atoms with van der Waals surface area (Å²) in [6, 6.07) is 1.82. The van der Waals surface area contributed by atoms with E-state index in [1.807, 2.05) is 13.0 Å². The maximum Gasteiger partial charge on any atom is 0.227 e. The second kappa shape index (κ2) is 4.25. The molecule has 5 nitrogen and oxygen atoms in total. The molecule has 0 aliphatic heterocycles. The summed E-state index contributed by atoms with van der Waals surface area (Å²) in [7, 11) is 0. The van der Waals surface area contributed by atoms with Crippen LogP contribution in [0.5, 0.6) is 0 Å². The molecule has 0 spiro atoms. The van der Waals surface area contributed by atoms with Gasteiger partial charge in [0.1, 0.15) is 0 Å². The van der Waals surface area contributed by atoms with Gasteiger partial charge in [-0.3, -0.25) is 4.79 Å². The number of nitrogens with one attached hydrogen (secondary N) is 1. The summed E-state index contributed by atoms with van der Waals surface area (Å²) in [6.45, 7) is 2.66. The first kappa shape index (κ1) is 11.1. The van der Waals surface area contributed by atoms with Crippen molar-refractivity contribution >= 4 is 5.91 Å². The molecule has 88 valence electrons. The Morgan fingerprint density at radius 2 is 2.44 bits per heavy atom. The molecule has 0 bridgehead atoms. The maximum atomic E-state index is 11.9. The lowest BCUT2D eigenvalue weighted by atomic mass is 9.68. The van der Waals surface area contributed by atoms with Crippen molar-refractivity contribution in [1.29, 1.82) is 0 Å². The average molecular weight is 223 g/mol. The first-order valence-corrected chi connectivity index (χ1v) is 5.57. The monoisotopic (exact) mass is 223 g/mol. The van der Waals surface area contributed by atoms with E-state index in [4.69, 9.17) is 10.3 Å². The Balaban J connectivity index is 1.88. The van der Waals surface area contributed by atoms with Crippen molar-refractivity contribution in [2.45, 2.75) is 32.7 Å². The topological polar surface area (TPSA) is 81.2 Å². The normalized spacial score (nSPS) is 17.9. The summed E-state index contributed by atoms with van der Waals surface area (Å²) in [6.07, 6.45) is 2.88. The molecule has 16 heavy (non-hydrogen) atoms. The largest absolute Gasteiger partial charge is 0.359 e. The Labute approximate surface area is 94.4 Å². The highest BCUT2D eigenvalue weighted by Crippen LogP contribution is 2.39. The van der Waals surface area contributed by atoms with E-state index in [1.54, 1.807) is 0 Å². The molecule has 0 radical (unpaired) electrons. The standard InChI is InChI=1S/C11H17N3O2/c1-8-5-9(16-14-8)6-13-10(15)11(7-12)3-2-4-11/h5H,2-4,6-7,12H2,1H3,(H,13,15). The van der Waals surface area contributed by atoms with Crippen LogP contribution in [0.2, 0.25) is 0 Å². The van der Waals surface area contributed by atoms with Gasteiger partial charge in [0.05, 0.1) is 17.7 Å². The summed E-state index contributed by atoms with van der Waals surface area (Å²) >= 11 is 0. The van der Waals surface area contributed by atoms with Crippen LogP contribution in [0.4, 0.5) is 0 Å². The van der Waals surface area contributed by atoms with Crippen molar-refractivity contribution in [2.24, 2.45) is 11.1 Å². The number of aryl methyl sites for hydroxylation is 1. The van der Waals surface area contributed by atoms with Crippen molar-refractivity contribution in [1.82, 2.24) is 10.5 Å². The second-order valence-electron chi connectivity index (χ2n) is 4.46. The molecule has 5 heteroatoms. The van der Waals surface area contributed by atoms with E-state index in [-0.39, 0.29) is 11.3 Å². The van der Waals surface area contributed by atoms with Crippen LogP contribution in [0.3, 0.4) is 0 Å². The van der Waals surface area contributed by atoms with Gasteiger partial charge in [0.2, 0.25) is 5.91 Å². The Kier molecular flexibility index (Phi) is 2.96. The lowest BCUT2D eigenvalue weighted by molar-refractivity contribution is -0.135. The Hall–Kier alpha value is -1.36. The predicted octanol–water partition coefficient (Wildman–Crippen LogP) is 0.728. The number of amides is 1. The van der Waals surface area contributed by atoms with Gasteiger partial charge in [-0.05, 0) is 19.8 Å². The molecule has 0 saturated heterocycles. The third-order valence-electron chi connectivity index (χ3n) is 3.28. The fourth-order valence-corrected chi connectivity index (χ4v) is 1.98. The van der Waals surface area contributed by atoms with Crippen LogP contribution in [0.1, 0.15) is 30.7 Å². The SMILES string of the molecule is Cc1cc(CNC(=O)C2(CN)CCC2)on1. The first-order chi connectivity index (χ1) is 7.66. The van der Waals surface area contributed by atoms with E-state index in [0.717, 1.165) is 25.0 Å². The molecule has 1 aliphatic carbocycles. The van der Waals surface area contributed by atoms with Crippen molar-refractivity contribution in [3.8, 4) is 0 Å². The Bertz CT molecular complexity index is 377. The zero-order valence-electron chi connectivity index (χ0n) is 9.45. The smallest absolute Gasteiger partial charge is 0.227 e. The third-order valence-corrected chi connectivity index (χ3v) is 3.28. The van der Waals surface area contributed by atoms with Gasteiger partial charge in [-0.25, -0.2) is 0 Å². The van der Waals surface area contributed by atoms with Crippen molar-refractivity contribution in [3.05, 3.63) is 17.5 Å². The van der Waals surface area contributed by atoms with Gasteiger partial charge in [0.25, 0.3) is 0 Å². The fraction of sp³-hybridized carbons (Fsp3) is 0.636. The van der Waals surface area contributed by atoms with Crippen LogP contribution in [0.25, 0.3) is 0 Å². The lowest BCUT2D eigenvalue weighted by Gasteiger charge is -2.38. The van der Waals surface area contributed by atoms with Crippen LogP contribution in [-0.2, 0) is 11.3 Å². The molecule has 0 aromatic carbocycles. The molecular weight excluding hydrogens is 206 g/mol. The van der Waals surface area contributed by atoms with Crippen molar-refractivity contribution in [3.63, 3.8) is 0 Å². The minimum Gasteiger partial charge on any atom is -0.359 e. The van der Waals surface area contributed by atoms with E-state index in [2.05, 4.69) is 10.5 Å². The van der Waals surface area contributed by atoms with Crippen LogP contribution < -0.4 is 11.1 Å². The number of carbonyl (C=O) groups excluding carboxylic acids is 1. The van der Waals surface area contributed by atoms with Gasteiger partial charge >= 0.3 is 0 Å². The number of carbonyl (C=O) groups is 1. The molecule has 1 heterocycles. The number of rotatable bonds is 4. The summed E-state index contributed by atoms with van der Waals surface area (Å²) in [5.74, 6) is 0.715. The molecule has 1 fully saturated rings. The lowest BCUT2D eigenvalue weighted by Crippen LogP contribution is -2.50. The van der Waals surface area contributed by atoms with Gasteiger partial charge < -0.3 is 15.6 Å². The highest BCUT2D eigenvalue weighted by molar-refractivity contribution is 5.83. The summed E-state index contributed by atoms with van der Waals surface area (Å²) < 4.78 is 5.02. The van der Waals surface area contributed by atoms with E-state index in [0.29, 0.717) is 18.8 Å². The minimum atomic E-state index is -0.324. The van der Waals surface area contributed by atoms with Crippen LogP contribution in [0.15, 0.2) is 10.6 Å². The number of hydrogen-bond donors (Lipinski definition) is 2. The summed E-state index contributed by atoms with van der Waals surface area (Å²) in [5.41, 5.74) is 6.14. The van der Waals surface area contributed by atoms with Gasteiger partial charge in [-0.1, -0.05) is 11.6 Å². The van der Waals surface area contributed by atoms with Crippen molar-refractivity contribution < 1.29 is 9.32 Å². The molecular formula is C11H17N3O2. The molecule has 1 saturated carbocycles. The molecule has 1 aromatic rings. The van der Waals surface area contributed by atoms with Gasteiger partial charge in [0, 0.05) is 12.6 Å². The predicted molar refractivity (Wildman–Crippen MR) is 58.4 cm³/mol. The van der Waals surface area contributed by atoms with Crippen LogP contribution in [-0.4, -0.2) is 17.6 Å². The van der Waals surface area contributed by atoms with Crippen LogP contribution >= 0.6 is 0 Å². The number of aromatic nitrogens is 1. The highest BCUT2D eigenvalue weighted by atomic mass is 16.5. The minimum absolute atomic E-state index is 0.0373. The number of nitrogens with zero attached hydrogens (tertiary/aromatic N) is 1. The summed E-state index contributed by atoms with van der Waals surface area (Å²) in [4.78, 5) is 11.9. The highest BCUT2D eigenvalue weighted by Gasteiger charge is 2.42. The van der Waals surface area contributed by atoms with Crippen molar-refractivity contribution in [2.75, 3.05) is 6.54 Å². The molecule has 0 atom stereocenters. The van der Waals surface area contributed by atoms with Gasteiger partial charge in [-0.15, -0.1) is 0 Å². The summed E-state index contributed by atoms with van der Waals surface area (Å²) in [5, 5.41) is 6.61. The molecule has 1 amide bonds. The third kappa shape index (κ3) is 1.95. The zero-order valence-corrected chi connectivity index (χ0v) is 9.45. The van der Waals surface area contributed by atoms with Gasteiger partial charge in [-0.2, -0.15) is 0 Å². The number of nitrogens with two attached hydrogens (primary N) is 1. The maximum absolute atomic E-state index is 11.9. The first-order valence-electron chi connectivity index (χ1n) is 5.57. The Morgan fingerprint density at radius 3 is 2.88 bits per heavy atom.